The minimum Gasteiger partial charge on any atom is -0.381 e. The van der Waals surface area contributed by atoms with Gasteiger partial charge in [0.05, 0.1) is 13.2 Å². The maximum absolute atomic E-state index is 12.3. The zero-order chi connectivity index (χ0) is 13.0. The van der Waals surface area contributed by atoms with E-state index >= 15 is 0 Å². The van der Waals surface area contributed by atoms with Crippen LogP contribution in [-0.2, 0) is 14.3 Å². The van der Waals surface area contributed by atoms with Crippen molar-refractivity contribution >= 4 is 11.8 Å². The molecule has 2 unspecified atom stereocenters. The Morgan fingerprint density at radius 2 is 2.39 bits per heavy atom. The number of ether oxygens (including phenoxy) is 1. The Morgan fingerprint density at radius 3 is 2.94 bits per heavy atom. The molecular formula is C12H21N3O3. The number of nitrogens with zero attached hydrogens (tertiary/aromatic N) is 1. The fourth-order valence-electron chi connectivity index (χ4n) is 2.38. The van der Waals surface area contributed by atoms with Crippen LogP contribution in [0.1, 0.15) is 13.3 Å². The van der Waals surface area contributed by atoms with E-state index in [-0.39, 0.29) is 24.4 Å². The zero-order valence-corrected chi connectivity index (χ0v) is 10.8. The van der Waals surface area contributed by atoms with E-state index in [1.165, 1.54) is 0 Å². The van der Waals surface area contributed by atoms with E-state index in [4.69, 9.17) is 4.74 Å². The Bertz CT molecular complexity index is 306. The van der Waals surface area contributed by atoms with E-state index in [1.807, 2.05) is 11.8 Å². The Kier molecular flexibility index (Phi) is 4.54. The van der Waals surface area contributed by atoms with Gasteiger partial charge in [-0.05, 0) is 13.3 Å². The van der Waals surface area contributed by atoms with Crippen molar-refractivity contribution in [3.8, 4) is 0 Å². The van der Waals surface area contributed by atoms with E-state index in [0.717, 1.165) is 26.2 Å². The summed E-state index contributed by atoms with van der Waals surface area (Å²) in [6.07, 6.45) is 1.03. The molecule has 0 saturated carbocycles. The van der Waals surface area contributed by atoms with Crippen molar-refractivity contribution in [1.82, 2.24) is 15.5 Å². The summed E-state index contributed by atoms with van der Waals surface area (Å²) in [5.41, 5.74) is 0. The molecule has 0 spiro atoms. The lowest BCUT2D eigenvalue weighted by Crippen LogP contribution is -2.59. The third kappa shape index (κ3) is 3.20. The van der Waals surface area contributed by atoms with Crippen molar-refractivity contribution in [3.05, 3.63) is 0 Å². The highest BCUT2D eigenvalue weighted by atomic mass is 16.5. The summed E-state index contributed by atoms with van der Waals surface area (Å²) in [7, 11) is 0. The van der Waals surface area contributed by atoms with Gasteiger partial charge in [0.2, 0.25) is 11.8 Å². The van der Waals surface area contributed by atoms with Crippen LogP contribution in [0.15, 0.2) is 0 Å². The summed E-state index contributed by atoms with van der Waals surface area (Å²) in [5, 5.41) is 5.69. The minimum atomic E-state index is -0.287. The first kappa shape index (κ1) is 13.3. The molecule has 18 heavy (non-hydrogen) atoms. The highest BCUT2D eigenvalue weighted by Gasteiger charge is 2.29. The quantitative estimate of drug-likeness (QED) is 0.673. The van der Waals surface area contributed by atoms with E-state index in [0.29, 0.717) is 19.0 Å². The number of carbonyl (C=O) groups excluding carboxylic acids is 2. The summed E-state index contributed by atoms with van der Waals surface area (Å²) >= 11 is 0. The molecule has 2 atom stereocenters. The van der Waals surface area contributed by atoms with Crippen molar-refractivity contribution in [1.29, 1.82) is 0 Å². The van der Waals surface area contributed by atoms with Crippen LogP contribution in [-0.4, -0.2) is 62.1 Å². The van der Waals surface area contributed by atoms with Crippen LogP contribution in [0.25, 0.3) is 0 Å². The average Bonchev–Trinajstić information content (AvgIpc) is 2.89. The lowest BCUT2D eigenvalue weighted by Gasteiger charge is -2.30. The second kappa shape index (κ2) is 6.15. The number of amides is 2. The van der Waals surface area contributed by atoms with Gasteiger partial charge >= 0.3 is 0 Å². The topological polar surface area (TPSA) is 70.7 Å². The van der Waals surface area contributed by atoms with Crippen molar-refractivity contribution < 1.29 is 14.3 Å². The molecule has 2 aliphatic rings. The SMILES string of the molecule is CCN(CC1CCOC1)C(=O)C1CNC(=O)CN1. The fraction of sp³-hybridized carbons (Fsp3) is 0.833. The number of nitrogens with one attached hydrogen (secondary N) is 2. The lowest BCUT2D eigenvalue weighted by molar-refractivity contribution is -0.135. The number of rotatable bonds is 4. The van der Waals surface area contributed by atoms with Gasteiger partial charge in [0.15, 0.2) is 0 Å². The summed E-state index contributed by atoms with van der Waals surface area (Å²) in [5.74, 6) is 0.475. The largest absolute Gasteiger partial charge is 0.381 e. The number of hydrogen-bond donors (Lipinski definition) is 2. The molecule has 0 aromatic heterocycles. The molecule has 2 N–H and O–H groups in total. The normalized spacial score (nSPS) is 27.9. The molecule has 2 fully saturated rings. The van der Waals surface area contributed by atoms with Gasteiger partial charge in [-0.25, -0.2) is 0 Å². The van der Waals surface area contributed by atoms with Crippen molar-refractivity contribution in [2.45, 2.75) is 19.4 Å². The summed E-state index contributed by atoms with van der Waals surface area (Å²) < 4.78 is 5.33. The van der Waals surface area contributed by atoms with E-state index < -0.39 is 0 Å². The molecule has 0 aromatic carbocycles. The fourth-order valence-corrected chi connectivity index (χ4v) is 2.38. The maximum atomic E-state index is 12.3. The Labute approximate surface area is 107 Å². The predicted molar refractivity (Wildman–Crippen MR) is 66.0 cm³/mol. The summed E-state index contributed by atoms with van der Waals surface area (Å²) in [6, 6.07) is -0.287. The van der Waals surface area contributed by atoms with Gasteiger partial charge in [-0.2, -0.15) is 0 Å². The molecule has 102 valence electrons. The molecule has 6 heteroatoms. The van der Waals surface area contributed by atoms with Crippen LogP contribution in [0.2, 0.25) is 0 Å². The molecule has 2 amide bonds. The highest BCUT2D eigenvalue weighted by Crippen LogP contribution is 2.14. The summed E-state index contributed by atoms with van der Waals surface area (Å²) in [6.45, 7) is 5.58. The molecule has 2 heterocycles. The van der Waals surface area contributed by atoms with Crippen LogP contribution in [0.5, 0.6) is 0 Å². The molecule has 6 nitrogen and oxygen atoms in total. The minimum absolute atomic E-state index is 0.0497. The standard InChI is InChI=1S/C12H21N3O3/c1-2-15(7-9-3-4-18-8-9)12(17)10-5-14-11(16)6-13-10/h9-10,13H,2-8H2,1H3,(H,14,16). The van der Waals surface area contributed by atoms with Crippen LogP contribution in [0.3, 0.4) is 0 Å². The first-order chi connectivity index (χ1) is 8.70. The highest BCUT2D eigenvalue weighted by molar-refractivity contribution is 5.86. The first-order valence-electron chi connectivity index (χ1n) is 6.57. The third-order valence-electron chi connectivity index (χ3n) is 3.51. The van der Waals surface area contributed by atoms with Crippen LogP contribution in [0, 0.1) is 5.92 Å². The van der Waals surface area contributed by atoms with E-state index in [2.05, 4.69) is 10.6 Å². The van der Waals surface area contributed by atoms with Crippen LogP contribution < -0.4 is 10.6 Å². The van der Waals surface area contributed by atoms with Gasteiger partial charge in [0.25, 0.3) is 0 Å². The molecule has 0 aromatic rings. The van der Waals surface area contributed by atoms with Gasteiger partial charge in [-0.1, -0.05) is 0 Å². The smallest absolute Gasteiger partial charge is 0.241 e. The van der Waals surface area contributed by atoms with Crippen LogP contribution in [0.4, 0.5) is 0 Å². The Balaban J connectivity index is 1.86. The molecule has 0 aliphatic carbocycles. The molecule has 2 aliphatic heterocycles. The van der Waals surface area contributed by atoms with Gasteiger partial charge in [-0.15, -0.1) is 0 Å². The van der Waals surface area contributed by atoms with Gasteiger partial charge in [-0.3, -0.25) is 14.9 Å². The second-order valence-corrected chi connectivity index (χ2v) is 4.84. The molecule has 0 bridgehead atoms. The van der Waals surface area contributed by atoms with Gasteiger partial charge < -0.3 is 15.0 Å². The predicted octanol–water partition coefficient (Wildman–Crippen LogP) is -1.04. The van der Waals surface area contributed by atoms with Crippen molar-refractivity contribution in [3.63, 3.8) is 0 Å². The zero-order valence-electron chi connectivity index (χ0n) is 10.8. The van der Waals surface area contributed by atoms with Crippen LogP contribution >= 0.6 is 0 Å². The number of likely N-dealkylation sites (N-methyl/N-ethyl adjacent to an activating group) is 1. The molecule has 2 rings (SSSR count). The molecule has 0 radical (unpaired) electrons. The average molecular weight is 255 g/mol. The van der Waals surface area contributed by atoms with E-state index in [1.54, 1.807) is 0 Å². The van der Waals surface area contributed by atoms with Gasteiger partial charge in [0, 0.05) is 32.2 Å². The number of hydrogen-bond acceptors (Lipinski definition) is 4. The molecule has 2 saturated heterocycles. The lowest BCUT2D eigenvalue weighted by atomic mass is 10.1. The first-order valence-corrected chi connectivity index (χ1v) is 6.57. The Hall–Kier alpha value is -1.14. The summed E-state index contributed by atoms with van der Waals surface area (Å²) in [4.78, 5) is 25.2. The monoisotopic (exact) mass is 255 g/mol. The van der Waals surface area contributed by atoms with Crippen molar-refractivity contribution in [2.24, 2.45) is 5.92 Å². The third-order valence-corrected chi connectivity index (χ3v) is 3.51. The van der Waals surface area contributed by atoms with Gasteiger partial charge in [0.1, 0.15) is 6.04 Å². The maximum Gasteiger partial charge on any atom is 0.241 e. The molecular weight excluding hydrogens is 234 g/mol. The number of carbonyl (C=O) groups is 2. The Morgan fingerprint density at radius 1 is 1.56 bits per heavy atom. The second-order valence-electron chi connectivity index (χ2n) is 4.84. The van der Waals surface area contributed by atoms with E-state index in [9.17, 15) is 9.59 Å². The number of piperazine rings is 1. The van der Waals surface area contributed by atoms with Crippen molar-refractivity contribution in [2.75, 3.05) is 39.4 Å².